The minimum absolute atomic E-state index is 0.0757. The molecular formula is C16H16FN3O. The van der Waals surface area contributed by atoms with E-state index in [0.29, 0.717) is 6.42 Å². The number of benzene rings is 1. The van der Waals surface area contributed by atoms with E-state index in [1.54, 1.807) is 18.5 Å². The van der Waals surface area contributed by atoms with E-state index >= 15 is 0 Å². The molecule has 0 saturated heterocycles. The monoisotopic (exact) mass is 285 g/mol. The molecule has 0 fully saturated rings. The van der Waals surface area contributed by atoms with Crippen LogP contribution in [0, 0.1) is 17.1 Å². The van der Waals surface area contributed by atoms with Gasteiger partial charge in [0.2, 0.25) is 0 Å². The van der Waals surface area contributed by atoms with Crippen molar-refractivity contribution in [1.29, 1.82) is 5.26 Å². The summed E-state index contributed by atoms with van der Waals surface area (Å²) < 4.78 is 19.7. The molecule has 0 aliphatic carbocycles. The summed E-state index contributed by atoms with van der Waals surface area (Å²) in [4.78, 5) is 4.04. The summed E-state index contributed by atoms with van der Waals surface area (Å²) in [6.07, 6.45) is 3.49. The van der Waals surface area contributed by atoms with E-state index in [0.717, 1.165) is 11.6 Å². The molecule has 0 radical (unpaired) electrons. The van der Waals surface area contributed by atoms with Gasteiger partial charge in [-0.2, -0.15) is 5.26 Å². The highest BCUT2D eigenvalue weighted by Crippen LogP contribution is 2.27. The van der Waals surface area contributed by atoms with Crippen LogP contribution in [0.2, 0.25) is 0 Å². The van der Waals surface area contributed by atoms with Crippen molar-refractivity contribution in [3.8, 4) is 11.8 Å². The normalized spacial score (nSPS) is 13.2. The number of ether oxygens (including phenoxy) is 1. The Kier molecular flexibility index (Phi) is 4.85. The predicted octanol–water partition coefficient (Wildman–Crippen LogP) is 2.95. The summed E-state index contributed by atoms with van der Waals surface area (Å²) in [5.41, 5.74) is 7.11. The van der Waals surface area contributed by atoms with Gasteiger partial charge in [0.05, 0.1) is 11.6 Å². The van der Waals surface area contributed by atoms with E-state index in [1.165, 1.54) is 12.1 Å². The molecule has 0 aliphatic rings. The van der Waals surface area contributed by atoms with Gasteiger partial charge < -0.3 is 10.5 Å². The summed E-state index contributed by atoms with van der Waals surface area (Å²) in [6, 6.07) is 9.32. The number of nitriles is 1. The number of pyridine rings is 1. The largest absolute Gasteiger partial charge is 0.481 e. The van der Waals surface area contributed by atoms with Gasteiger partial charge in [-0.25, -0.2) is 4.39 Å². The van der Waals surface area contributed by atoms with Crippen molar-refractivity contribution in [2.24, 2.45) is 5.73 Å². The zero-order valence-corrected chi connectivity index (χ0v) is 11.7. The lowest BCUT2D eigenvalue weighted by molar-refractivity contribution is 0.163. The van der Waals surface area contributed by atoms with Gasteiger partial charge in [-0.05, 0) is 30.7 Å². The molecule has 4 nitrogen and oxygen atoms in total. The van der Waals surface area contributed by atoms with E-state index in [2.05, 4.69) is 4.98 Å². The maximum absolute atomic E-state index is 13.9. The van der Waals surface area contributed by atoms with Gasteiger partial charge in [0.25, 0.3) is 0 Å². The van der Waals surface area contributed by atoms with Gasteiger partial charge in [-0.3, -0.25) is 4.98 Å². The lowest BCUT2D eigenvalue weighted by Gasteiger charge is -2.24. The standard InChI is InChI=1S/C16H16FN3O/c1-2-14(19)16(12-4-3-7-20-10-12)21-15-6-5-11(9-18)8-13(15)17/h3-8,10,14,16H,2,19H2,1H3. The first-order valence-corrected chi connectivity index (χ1v) is 6.67. The predicted molar refractivity (Wildman–Crippen MR) is 77.0 cm³/mol. The Morgan fingerprint density at radius 2 is 2.24 bits per heavy atom. The molecule has 2 rings (SSSR count). The van der Waals surface area contributed by atoms with Crippen molar-refractivity contribution in [1.82, 2.24) is 4.98 Å². The lowest BCUT2D eigenvalue weighted by atomic mass is 10.0. The van der Waals surface area contributed by atoms with Crippen LogP contribution in [0.25, 0.3) is 0 Å². The minimum atomic E-state index is -0.578. The van der Waals surface area contributed by atoms with E-state index in [-0.39, 0.29) is 17.4 Å². The fourth-order valence-electron chi connectivity index (χ4n) is 1.96. The number of hydrogen-bond donors (Lipinski definition) is 1. The van der Waals surface area contributed by atoms with Gasteiger partial charge >= 0.3 is 0 Å². The van der Waals surface area contributed by atoms with Crippen molar-refractivity contribution in [2.75, 3.05) is 0 Å². The first-order valence-electron chi connectivity index (χ1n) is 6.67. The molecule has 21 heavy (non-hydrogen) atoms. The van der Waals surface area contributed by atoms with Crippen LogP contribution < -0.4 is 10.5 Å². The molecule has 2 aromatic rings. The van der Waals surface area contributed by atoms with Crippen LogP contribution in [0.5, 0.6) is 5.75 Å². The molecular weight excluding hydrogens is 269 g/mol. The molecule has 0 saturated carbocycles. The molecule has 5 heteroatoms. The average molecular weight is 285 g/mol. The van der Waals surface area contributed by atoms with Crippen LogP contribution in [0.1, 0.15) is 30.6 Å². The van der Waals surface area contributed by atoms with E-state index in [9.17, 15) is 4.39 Å². The molecule has 0 bridgehead atoms. The highest BCUT2D eigenvalue weighted by atomic mass is 19.1. The molecule has 2 unspecified atom stereocenters. The number of nitrogens with two attached hydrogens (primary N) is 1. The van der Waals surface area contributed by atoms with Crippen LogP contribution in [0.3, 0.4) is 0 Å². The van der Waals surface area contributed by atoms with Crippen LogP contribution in [0.15, 0.2) is 42.7 Å². The maximum atomic E-state index is 13.9. The molecule has 1 aromatic heterocycles. The fraction of sp³-hybridized carbons (Fsp3) is 0.250. The Hall–Kier alpha value is -2.45. The van der Waals surface area contributed by atoms with Crippen molar-refractivity contribution in [2.45, 2.75) is 25.5 Å². The summed E-state index contributed by atoms with van der Waals surface area (Å²) in [6.45, 7) is 1.94. The number of aromatic nitrogens is 1. The van der Waals surface area contributed by atoms with E-state index in [1.807, 2.05) is 19.1 Å². The number of hydrogen-bond acceptors (Lipinski definition) is 4. The van der Waals surface area contributed by atoms with Crippen molar-refractivity contribution >= 4 is 0 Å². The lowest BCUT2D eigenvalue weighted by Crippen LogP contribution is -2.31. The van der Waals surface area contributed by atoms with Gasteiger partial charge in [0, 0.05) is 24.0 Å². The number of nitrogens with zero attached hydrogens (tertiary/aromatic N) is 2. The Balaban J connectivity index is 2.30. The fourth-order valence-corrected chi connectivity index (χ4v) is 1.96. The Bertz CT molecular complexity index is 640. The first kappa shape index (κ1) is 14.9. The third kappa shape index (κ3) is 3.56. The second-order valence-electron chi connectivity index (χ2n) is 4.65. The Labute approximate surface area is 123 Å². The molecule has 0 aliphatic heterocycles. The van der Waals surface area contributed by atoms with Crippen LogP contribution in [-0.4, -0.2) is 11.0 Å². The minimum Gasteiger partial charge on any atom is -0.481 e. The first-order chi connectivity index (χ1) is 10.2. The van der Waals surface area contributed by atoms with Crippen LogP contribution in [0.4, 0.5) is 4.39 Å². The van der Waals surface area contributed by atoms with Gasteiger partial charge in [-0.1, -0.05) is 13.0 Å². The summed E-state index contributed by atoms with van der Waals surface area (Å²) in [7, 11) is 0. The van der Waals surface area contributed by atoms with Crippen LogP contribution >= 0.6 is 0 Å². The molecule has 1 heterocycles. The average Bonchev–Trinajstić information content (AvgIpc) is 2.53. The van der Waals surface area contributed by atoms with Gasteiger partial charge in [-0.15, -0.1) is 0 Å². The van der Waals surface area contributed by atoms with Gasteiger partial charge in [0.15, 0.2) is 11.6 Å². The molecule has 0 amide bonds. The van der Waals surface area contributed by atoms with Crippen molar-refractivity contribution < 1.29 is 9.13 Å². The number of rotatable bonds is 5. The third-order valence-corrected chi connectivity index (χ3v) is 3.19. The SMILES string of the molecule is CCC(N)C(Oc1ccc(C#N)cc1F)c1cccnc1. The number of halogens is 1. The van der Waals surface area contributed by atoms with E-state index in [4.69, 9.17) is 15.7 Å². The highest BCUT2D eigenvalue weighted by Gasteiger charge is 2.22. The molecule has 108 valence electrons. The quantitative estimate of drug-likeness (QED) is 0.916. The second kappa shape index (κ2) is 6.82. The molecule has 1 aromatic carbocycles. The molecule has 0 spiro atoms. The molecule has 2 N–H and O–H groups in total. The van der Waals surface area contributed by atoms with Crippen molar-refractivity contribution in [3.05, 3.63) is 59.7 Å². The van der Waals surface area contributed by atoms with Crippen LogP contribution in [-0.2, 0) is 0 Å². The van der Waals surface area contributed by atoms with Gasteiger partial charge in [0.1, 0.15) is 6.10 Å². The van der Waals surface area contributed by atoms with E-state index < -0.39 is 11.9 Å². The topological polar surface area (TPSA) is 71.9 Å². The second-order valence-corrected chi connectivity index (χ2v) is 4.65. The Morgan fingerprint density at radius 1 is 1.43 bits per heavy atom. The summed E-state index contributed by atoms with van der Waals surface area (Å²) >= 11 is 0. The third-order valence-electron chi connectivity index (χ3n) is 3.19. The smallest absolute Gasteiger partial charge is 0.166 e. The maximum Gasteiger partial charge on any atom is 0.166 e. The zero-order valence-electron chi connectivity index (χ0n) is 11.7. The Morgan fingerprint density at radius 3 is 2.81 bits per heavy atom. The van der Waals surface area contributed by atoms with Crippen molar-refractivity contribution in [3.63, 3.8) is 0 Å². The zero-order chi connectivity index (χ0) is 15.2. The highest BCUT2D eigenvalue weighted by molar-refractivity contribution is 5.36. The summed E-state index contributed by atoms with van der Waals surface area (Å²) in [5, 5.41) is 8.75. The summed E-state index contributed by atoms with van der Waals surface area (Å²) in [5.74, 6) is -0.502. The molecule has 2 atom stereocenters.